The number of amides is 1. The predicted octanol–water partition coefficient (Wildman–Crippen LogP) is 5.50. The summed E-state index contributed by atoms with van der Waals surface area (Å²) in [6, 6.07) is 15.0. The molecule has 0 aliphatic heterocycles. The van der Waals surface area contributed by atoms with Gasteiger partial charge >= 0.3 is 0 Å². The van der Waals surface area contributed by atoms with Crippen LogP contribution in [0, 0.1) is 13.8 Å². The SMILES string of the molecule is Cc1cc(C)cc(NC(=O)c2cc3cc4ccc(Cl)cc4nc3o2)c1. The first-order chi connectivity index (χ1) is 12.0. The number of anilines is 1. The molecule has 5 heteroatoms. The molecule has 0 saturated heterocycles. The Morgan fingerprint density at radius 1 is 1.00 bits per heavy atom. The Morgan fingerprint density at radius 3 is 2.52 bits per heavy atom. The van der Waals surface area contributed by atoms with E-state index in [2.05, 4.69) is 16.4 Å². The summed E-state index contributed by atoms with van der Waals surface area (Å²) in [6.07, 6.45) is 0. The number of hydrogen-bond acceptors (Lipinski definition) is 3. The quantitative estimate of drug-likeness (QED) is 0.519. The van der Waals surface area contributed by atoms with Crippen LogP contribution in [0.1, 0.15) is 21.7 Å². The highest BCUT2D eigenvalue weighted by molar-refractivity contribution is 6.31. The molecule has 2 aromatic heterocycles. The molecule has 0 aliphatic rings. The Bertz CT molecular complexity index is 1110. The average Bonchev–Trinajstić information content (AvgIpc) is 2.94. The highest BCUT2D eigenvalue weighted by Gasteiger charge is 2.14. The fourth-order valence-corrected chi connectivity index (χ4v) is 3.12. The maximum absolute atomic E-state index is 12.5. The van der Waals surface area contributed by atoms with Crippen molar-refractivity contribution in [3.63, 3.8) is 0 Å². The number of fused-ring (bicyclic) bond motifs is 2. The first-order valence-electron chi connectivity index (χ1n) is 7.87. The monoisotopic (exact) mass is 350 g/mol. The molecular weight excluding hydrogens is 336 g/mol. The summed E-state index contributed by atoms with van der Waals surface area (Å²) in [5.41, 5.74) is 4.07. The second-order valence-corrected chi connectivity index (χ2v) is 6.60. The lowest BCUT2D eigenvalue weighted by molar-refractivity contribution is 0.0998. The van der Waals surface area contributed by atoms with Crippen LogP contribution in [-0.2, 0) is 0 Å². The van der Waals surface area contributed by atoms with Crippen LogP contribution >= 0.6 is 11.6 Å². The van der Waals surface area contributed by atoms with E-state index in [-0.39, 0.29) is 11.7 Å². The highest BCUT2D eigenvalue weighted by atomic mass is 35.5. The fraction of sp³-hybridized carbons (Fsp3) is 0.100. The third-order valence-electron chi connectivity index (χ3n) is 3.97. The third-order valence-corrected chi connectivity index (χ3v) is 4.20. The Hall–Kier alpha value is -2.85. The Morgan fingerprint density at radius 2 is 1.76 bits per heavy atom. The summed E-state index contributed by atoms with van der Waals surface area (Å²) >= 11 is 6.01. The number of benzene rings is 2. The fourth-order valence-electron chi connectivity index (χ4n) is 2.95. The van der Waals surface area contributed by atoms with Gasteiger partial charge in [-0.15, -0.1) is 0 Å². The lowest BCUT2D eigenvalue weighted by atomic mass is 10.1. The second kappa shape index (κ2) is 5.90. The predicted molar refractivity (Wildman–Crippen MR) is 100 cm³/mol. The number of nitrogens with zero attached hydrogens (tertiary/aromatic N) is 1. The molecule has 2 heterocycles. The molecule has 0 radical (unpaired) electrons. The zero-order valence-corrected chi connectivity index (χ0v) is 14.5. The Balaban J connectivity index is 1.70. The Labute approximate surface area is 149 Å². The van der Waals surface area contributed by atoms with E-state index in [9.17, 15) is 4.79 Å². The number of carbonyl (C=O) groups is 1. The molecule has 0 unspecified atom stereocenters. The molecular formula is C20H15ClN2O2. The van der Waals surface area contributed by atoms with Gasteiger partial charge in [0.15, 0.2) is 5.76 Å². The van der Waals surface area contributed by atoms with E-state index in [0.29, 0.717) is 10.7 Å². The van der Waals surface area contributed by atoms with Gasteiger partial charge in [0.1, 0.15) is 0 Å². The van der Waals surface area contributed by atoms with Crippen molar-refractivity contribution < 1.29 is 9.21 Å². The van der Waals surface area contributed by atoms with Crippen LogP contribution in [-0.4, -0.2) is 10.9 Å². The number of carbonyl (C=O) groups excluding carboxylic acids is 1. The molecule has 1 N–H and O–H groups in total. The molecule has 0 saturated carbocycles. The smallest absolute Gasteiger partial charge is 0.291 e. The van der Waals surface area contributed by atoms with Gasteiger partial charge in [-0.3, -0.25) is 4.79 Å². The van der Waals surface area contributed by atoms with Crippen molar-refractivity contribution in [1.29, 1.82) is 0 Å². The van der Waals surface area contributed by atoms with Crippen molar-refractivity contribution in [3.05, 3.63) is 70.4 Å². The van der Waals surface area contributed by atoms with Gasteiger partial charge in [-0.05, 0) is 61.4 Å². The molecule has 25 heavy (non-hydrogen) atoms. The van der Waals surface area contributed by atoms with E-state index >= 15 is 0 Å². The molecule has 0 aliphatic carbocycles. The van der Waals surface area contributed by atoms with Crippen LogP contribution in [0.15, 0.2) is 52.9 Å². The average molecular weight is 351 g/mol. The van der Waals surface area contributed by atoms with Crippen molar-refractivity contribution in [2.24, 2.45) is 0 Å². The number of aryl methyl sites for hydroxylation is 2. The van der Waals surface area contributed by atoms with Crippen molar-refractivity contribution in [2.75, 3.05) is 5.32 Å². The summed E-state index contributed by atoms with van der Waals surface area (Å²) < 4.78 is 5.64. The second-order valence-electron chi connectivity index (χ2n) is 6.16. The summed E-state index contributed by atoms with van der Waals surface area (Å²) in [6.45, 7) is 3.98. The first kappa shape index (κ1) is 15.7. The van der Waals surface area contributed by atoms with Crippen LogP contribution in [0.2, 0.25) is 5.02 Å². The van der Waals surface area contributed by atoms with Crippen LogP contribution in [0.4, 0.5) is 5.69 Å². The van der Waals surface area contributed by atoms with Crippen LogP contribution < -0.4 is 5.32 Å². The van der Waals surface area contributed by atoms with Crippen molar-refractivity contribution in [2.45, 2.75) is 13.8 Å². The van der Waals surface area contributed by atoms with E-state index in [0.717, 1.165) is 33.1 Å². The molecule has 124 valence electrons. The number of pyridine rings is 1. The number of nitrogens with one attached hydrogen (secondary N) is 1. The zero-order valence-electron chi connectivity index (χ0n) is 13.8. The molecule has 0 atom stereocenters. The highest BCUT2D eigenvalue weighted by Crippen LogP contribution is 2.25. The minimum atomic E-state index is -0.301. The molecule has 0 fully saturated rings. The van der Waals surface area contributed by atoms with Gasteiger partial charge in [0.25, 0.3) is 5.91 Å². The normalized spacial score (nSPS) is 11.2. The zero-order chi connectivity index (χ0) is 17.6. The standard InChI is InChI=1S/C20H15ClN2O2/c1-11-5-12(2)7-16(6-11)22-19(24)18-9-14-8-13-3-4-15(21)10-17(13)23-20(14)25-18/h3-10H,1-2H3,(H,22,24). The first-order valence-corrected chi connectivity index (χ1v) is 8.25. The number of aromatic nitrogens is 1. The lowest BCUT2D eigenvalue weighted by Gasteiger charge is -2.05. The van der Waals surface area contributed by atoms with Crippen molar-refractivity contribution >= 4 is 45.2 Å². The van der Waals surface area contributed by atoms with E-state index in [1.807, 2.05) is 44.2 Å². The maximum Gasteiger partial charge on any atom is 0.291 e. The maximum atomic E-state index is 12.5. The molecule has 4 aromatic rings. The minimum Gasteiger partial charge on any atom is -0.433 e. The number of rotatable bonds is 2. The Kier molecular flexibility index (Phi) is 3.70. The molecule has 1 amide bonds. The third kappa shape index (κ3) is 3.08. The van der Waals surface area contributed by atoms with Gasteiger partial charge in [-0.1, -0.05) is 23.7 Å². The number of furan rings is 1. The van der Waals surface area contributed by atoms with Gasteiger partial charge in [-0.2, -0.15) is 0 Å². The summed E-state index contributed by atoms with van der Waals surface area (Å²) in [5, 5.41) is 5.20. The van der Waals surface area contributed by atoms with Gasteiger partial charge in [0.2, 0.25) is 5.71 Å². The minimum absolute atomic E-state index is 0.225. The van der Waals surface area contributed by atoms with Gasteiger partial charge < -0.3 is 9.73 Å². The summed E-state index contributed by atoms with van der Waals surface area (Å²) in [5.74, 6) is -0.0758. The van der Waals surface area contributed by atoms with Crippen molar-refractivity contribution in [1.82, 2.24) is 4.98 Å². The molecule has 0 bridgehead atoms. The molecule has 4 nitrogen and oxygen atoms in total. The van der Waals surface area contributed by atoms with Crippen LogP contribution in [0.25, 0.3) is 22.0 Å². The van der Waals surface area contributed by atoms with Crippen LogP contribution in [0.5, 0.6) is 0 Å². The van der Waals surface area contributed by atoms with E-state index in [1.165, 1.54) is 0 Å². The lowest BCUT2D eigenvalue weighted by Crippen LogP contribution is -2.11. The molecule has 2 aromatic carbocycles. The summed E-state index contributed by atoms with van der Waals surface area (Å²) in [4.78, 5) is 16.9. The van der Waals surface area contributed by atoms with E-state index in [1.54, 1.807) is 12.1 Å². The molecule has 4 rings (SSSR count). The topological polar surface area (TPSA) is 55.1 Å². The van der Waals surface area contributed by atoms with Crippen molar-refractivity contribution in [3.8, 4) is 0 Å². The van der Waals surface area contributed by atoms with Gasteiger partial charge in [0, 0.05) is 21.5 Å². The summed E-state index contributed by atoms with van der Waals surface area (Å²) in [7, 11) is 0. The molecule has 0 spiro atoms. The van der Waals surface area contributed by atoms with Gasteiger partial charge in [-0.25, -0.2) is 4.98 Å². The van der Waals surface area contributed by atoms with Gasteiger partial charge in [0.05, 0.1) is 5.52 Å². The number of halogens is 1. The van der Waals surface area contributed by atoms with E-state index < -0.39 is 0 Å². The largest absolute Gasteiger partial charge is 0.433 e. The van der Waals surface area contributed by atoms with Crippen LogP contribution in [0.3, 0.4) is 0 Å². The van der Waals surface area contributed by atoms with E-state index in [4.69, 9.17) is 16.0 Å². The number of hydrogen-bond donors (Lipinski definition) is 1.